The molecule has 118 valence electrons. The number of nitrogens with zero attached hydrogens (tertiary/aromatic N) is 4. The Hall–Kier alpha value is -2.61. The van der Waals surface area contributed by atoms with E-state index in [1.165, 1.54) is 16.0 Å². The molecular weight excluding hydrogens is 314 g/mol. The van der Waals surface area contributed by atoms with Crippen molar-refractivity contribution in [1.82, 2.24) is 14.5 Å². The van der Waals surface area contributed by atoms with Crippen molar-refractivity contribution in [3.05, 3.63) is 55.6 Å². The third-order valence-electron chi connectivity index (χ3n) is 4.11. The van der Waals surface area contributed by atoms with Crippen molar-refractivity contribution in [1.29, 1.82) is 0 Å². The van der Waals surface area contributed by atoms with E-state index in [4.69, 9.17) is 0 Å². The van der Waals surface area contributed by atoms with Crippen LogP contribution in [0.25, 0.3) is 6.08 Å². The molecule has 1 aromatic heterocycles. The van der Waals surface area contributed by atoms with Gasteiger partial charge >= 0.3 is 6.03 Å². The summed E-state index contributed by atoms with van der Waals surface area (Å²) in [6.45, 7) is 0. The Morgan fingerprint density at radius 1 is 1.17 bits per heavy atom. The third kappa shape index (κ3) is 2.06. The largest absolute Gasteiger partial charge is 0.323 e. The molecule has 1 N–H and O–H groups in total. The van der Waals surface area contributed by atoms with Crippen LogP contribution in [-0.2, 0) is 0 Å². The Kier molecular flexibility index (Phi) is 3.02. The SMILES string of the molecule is CN1C(=O)N(C)C2Nn3c(s/c(=C\c4ccccc4)c3=O)=NC21. The normalized spacial score (nSPS) is 23.4. The number of likely N-dealkylation sites (N-methyl/N-ethyl adjacent to an activating group) is 2. The highest BCUT2D eigenvalue weighted by molar-refractivity contribution is 7.07. The minimum atomic E-state index is -0.336. The van der Waals surface area contributed by atoms with Crippen LogP contribution in [-0.4, -0.2) is 46.9 Å². The standard InChI is InChI=1S/C15H15N5O2S/c1-18-11-12(19(2)15(18)22)17-20-13(21)10(23-14(20)16-11)8-9-6-4-3-5-7-9/h3-8,11-12,17H,1-2H3/b10-8-. The van der Waals surface area contributed by atoms with Crippen molar-refractivity contribution in [3.8, 4) is 0 Å². The molecule has 1 saturated heterocycles. The molecule has 0 saturated carbocycles. The Balaban J connectivity index is 1.84. The second-order valence-electron chi connectivity index (χ2n) is 5.57. The van der Waals surface area contributed by atoms with Gasteiger partial charge in [0.25, 0.3) is 5.56 Å². The average Bonchev–Trinajstić information content (AvgIpc) is 2.97. The van der Waals surface area contributed by atoms with Crippen molar-refractivity contribution in [3.63, 3.8) is 0 Å². The molecule has 0 aliphatic carbocycles. The number of fused-ring (bicyclic) bond motifs is 2. The summed E-state index contributed by atoms with van der Waals surface area (Å²) < 4.78 is 2.04. The number of nitrogens with one attached hydrogen (secondary N) is 1. The monoisotopic (exact) mass is 329 g/mol. The summed E-state index contributed by atoms with van der Waals surface area (Å²) in [7, 11) is 3.42. The van der Waals surface area contributed by atoms with Crippen molar-refractivity contribution < 1.29 is 4.79 Å². The number of benzene rings is 1. The van der Waals surface area contributed by atoms with Crippen LogP contribution < -0.4 is 20.3 Å². The zero-order chi connectivity index (χ0) is 16.1. The van der Waals surface area contributed by atoms with E-state index >= 15 is 0 Å². The first kappa shape index (κ1) is 14.0. The molecule has 4 rings (SSSR count). The highest BCUT2D eigenvalue weighted by Crippen LogP contribution is 2.20. The van der Waals surface area contributed by atoms with E-state index in [0.29, 0.717) is 9.33 Å². The first-order chi connectivity index (χ1) is 11.1. The molecule has 2 aromatic rings. The minimum absolute atomic E-state index is 0.115. The number of aromatic nitrogens is 1. The molecular formula is C15H15N5O2S. The van der Waals surface area contributed by atoms with Crippen molar-refractivity contribution in [2.24, 2.45) is 4.99 Å². The summed E-state index contributed by atoms with van der Waals surface area (Å²) in [5, 5.41) is 0. The zero-order valence-electron chi connectivity index (χ0n) is 12.6. The molecule has 3 heterocycles. The topological polar surface area (TPSA) is 69.9 Å². The highest BCUT2D eigenvalue weighted by atomic mass is 32.1. The maximum atomic E-state index is 12.6. The van der Waals surface area contributed by atoms with Gasteiger partial charge in [0.05, 0.1) is 4.53 Å². The quantitative estimate of drug-likeness (QED) is 0.771. The molecule has 2 unspecified atom stereocenters. The van der Waals surface area contributed by atoms with E-state index < -0.39 is 0 Å². The van der Waals surface area contributed by atoms with Crippen LogP contribution in [0.5, 0.6) is 0 Å². The molecule has 0 bridgehead atoms. The number of thiazole rings is 1. The van der Waals surface area contributed by atoms with Gasteiger partial charge in [0.2, 0.25) is 4.80 Å². The van der Waals surface area contributed by atoms with E-state index in [-0.39, 0.29) is 23.9 Å². The number of carbonyl (C=O) groups is 1. The Bertz CT molecular complexity index is 948. The smallest absolute Gasteiger partial charge is 0.302 e. The van der Waals surface area contributed by atoms with Gasteiger partial charge in [-0.2, -0.15) is 4.68 Å². The van der Waals surface area contributed by atoms with Gasteiger partial charge in [0, 0.05) is 14.1 Å². The molecule has 1 fully saturated rings. The fourth-order valence-electron chi connectivity index (χ4n) is 2.82. The predicted molar refractivity (Wildman–Crippen MR) is 87.2 cm³/mol. The van der Waals surface area contributed by atoms with Crippen LogP contribution >= 0.6 is 11.3 Å². The summed E-state index contributed by atoms with van der Waals surface area (Å²) in [6.07, 6.45) is 1.19. The van der Waals surface area contributed by atoms with Gasteiger partial charge in [-0.25, -0.2) is 9.79 Å². The van der Waals surface area contributed by atoms with Crippen LogP contribution in [0.4, 0.5) is 4.79 Å². The number of hydrogen-bond acceptors (Lipinski definition) is 5. The van der Waals surface area contributed by atoms with E-state index in [9.17, 15) is 9.59 Å². The molecule has 0 spiro atoms. The van der Waals surface area contributed by atoms with Gasteiger partial charge in [-0.15, -0.1) is 0 Å². The molecule has 2 atom stereocenters. The summed E-state index contributed by atoms with van der Waals surface area (Å²) in [6, 6.07) is 9.57. The molecule has 2 aliphatic rings. The van der Waals surface area contributed by atoms with Crippen LogP contribution in [0.1, 0.15) is 5.56 Å². The van der Waals surface area contributed by atoms with Crippen molar-refractivity contribution >= 4 is 23.4 Å². The highest BCUT2D eigenvalue weighted by Gasteiger charge is 2.44. The lowest BCUT2D eigenvalue weighted by Crippen LogP contribution is -2.54. The van der Waals surface area contributed by atoms with Gasteiger partial charge in [0.15, 0.2) is 12.3 Å². The average molecular weight is 329 g/mol. The lowest BCUT2D eigenvalue weighted by Gasteiger charge is -2.26. The molecule has 2 aliphatic heterocycles. The Labute approximate surface area is 135 Å². The van der Waals surface area contributed by atoms with Gasteiger partial charge in [-0.05, 0) is 11.6 Å². The number of amides is 2. The van der Waals surface area contributed by atoms with Crippen LogP contribution in [0.15, 0.2) is 40.1 Å². The Morgan fingerprint density at radius 3 is 2.65 bits per heavy atom. The van der Waals surface area contributed by atoms with Gasteiger partial charge in [-0.1, -0.05) is 41.7 Å². The van der Waals surface area contributed by atoms with Crippen LogP contribution in [0, 0.1) is 0 Å². The lowest BCUT2D eigenvalue weighted by molar-refractivity contribution is 0.200. The minimum Gasteiger partial charge on any atom is -0.302 e. The maximum absolute atomic E-state index is 12.6. The molecule has 2 amide bonds. The number of rotatable bonds is 1. The molecule has 1 aromatic carbocycles. The summed E-state index contributed by atoms with van der Waals surface area (Å²) >= 11 is 1.32. The second-order valence-corrected chi connectivity index (χ2v) is 6.57. The van der Waals surface area contributed by atoms with Crippen molar-refractivity contribution in [2.75, 3.05) is 19.5 Å². The van der Waals surface area contributed by atoms with E-state index in [1.807, 2.05) is 36.4 Å². The fourth-order valence-corrected chi connectivity index (χ4v) is 3.78. The summed E-state index contributed by atoms with van der Waals surface area (Å²) in [5.41, 5.74) is 3.93. The van der Waals surface area contributed by atoms with Gasteiger partial charge < -0.3 is 9.80 Å². The van der Waals surface area contributed by atoms with E-state index in [1.54, 1.807) is 23.9 Å². The lowest BCUT2D eigenvalue weighted by atomic mass is 10.2. The first-order valence-corrected chi connectivity index (χ1v) is 8.00. The predicted octanol–water partition coefficient (Wildman–Crippen LogP) is -0.435. The maximum Gasteiger partial charge on any atom is 0.323 e. The zero-order valence-corrected chi connectivity index (χ0v) is 13.4. The van der Waals surface area contributed by atoms with Crippen LogP contribution in [0.3, 0.4) is 0 Å². The summed E-state index contributed by atoms with van der Waals surface area (Å²) in [5.74, 6) is 0. The Morgan fingerprint density at radius 2 is 1.91 bits per heavy atom. The molecule has 0 radical (unpaired) electrons. The molecule has 8 heteroatoms. The van der Waals surface area contributed by atoms with Gasteiger partial charge in [0.1, 0.15) is 0 Å². The van der Waals surface area contributed by atoms with Crippen LogP contribution in [0.2, 0.25) is 0 Å². The number of hydrogen-bond donors (Lipinski definition) is 1. The first-order valence-electron chi connectivity index (χ1n) is 7.19. The molecule has 7 nitrogen and oxygen atoms in total. The van der Waals surface area contributed by atoms with E-state index in [2.05, 4.69) is 10.4 Å². The third-order valence-corrected chi connectivity index (χ3v) is 5.09. The summed E-state index contributed by atoms with van der Waals surface area (Å²) in [4.78, 5) is 32.9. The van der Waals surface area contributed by atoms with Gasteiger partial charge in [-0.3, -0.25) is 10.2 Å². The second kappa shape index (κ2) is 4.95. The number of urea groups is 1. The number of carbonyl (C=O) groups excluding carboxylic acids is 1. The molecule has 23 heavy (non-hydrogen) atoms. The fraction of sp³-hybridized carbons (Fsp3) is 0.267. The van der Waals surface area contributed by atoms with E-state index in [0.717, 1.165) is 5.56 Å². The van der Waals surface area contributed by atoms with Crippen molar-refractivity contribution in [2.45, 2.75) is 12.3 Å².